The normalized spacial score (nSPS) is 18.1. The Hall–Kier alpha value is -0.900. The summed E-state index contributed by atoms with van der Waals surface area (Å²) in [6, 6.07) is 0. The highest BCUT2D eigenvalue weighted by molar-refractivity contribution is 7.11. The second-order valence-corrected chi connectivity index (χ2v) is 5.75. The van der Waals surface area contributed by atoms with Crippen LogP contribution in [0.1, 0.15) is 47.7 Å². The molecule has 1 aromatic rings. The number of hydrogen-bond donors (Lipinski definition) is 1. The van der Waals surface area contributed by atoms with Crippen LogP contribution in [0.3, 0.4) is 0 Å². The van der Waals surface area contributed by atoms with Gasteiger partial charge in [0.1, 0.15) is 0 Å². The van der Waals surface area contributed by atoms with Gasteiger partial charge in [0.25, 0.3) is 0 Å². The summed E-state index contributed by atoms with van der Waals surface area (Å²) in [5.74, 6) is -0.385. The molecule has 0 saturated heterocycles. The first kappa shape index (κ1) is 11.6. The predicted octanol–water partition coefficient (Wildman–Crippen LogP) is 2.98. The maximum absolute atomic E-state index is 10.8. The number of aromatic nitrogens is 1. The zero-order chi connectivity index (χ0) is 11.7. The van der Waals surface area contributed by atoms with Crippen LogP contribution in [0.25, 0.3) is 0 Å². The van der Waals surface area contributed by atoms with E-state index in [1.807, 2.05) is 6.92 Å². The van der Waals surface area contributed by atoms with Gasteiger partial charge in [-0.3, -0.25) is 4.79 Å². The molecule has 1 fully saturated rings. The van der Waals surface area contributed by atoms with Crippen molar-refractivity contribution < 1.29 is 9.90 Å². The molecule has 1 aliphatic carbocycles. The lowest BCUT2D eigenvalue weighted by Crippen LogP contribution is -2.11. The van der Waals surface area contributed by atoms with E-state index < -0.39 is 5.97 Å². The molecule has 1 N–H and O–H groups in total. The number of carboxylic acids is 1. The van der Waals surface area contributed by atoms with E-state index in [9.17, 15) is 4.79 Å². The molecular weight excluding hydrogens is 222 g/mol. The molecule has 0 aliphatic heterocycles. The van der Waals surface area contributed by atoms with Crippen LogP contribution in [0.15, 0.2) is 0 Å². The third kappa shape index (κ3) is 2.26. The van der Waals surface area contributed by atoms with Gasteiger partial charge in [0.2, 0.25) is 0 Å². The van der Waals surface area contributed by atoms with Crippen LogP contribution in [0, 0.1) is 12.8 Å². The third-order valence-electron chi connectivity index (χ3n) is 3.28. The number of carbonyl (C=O) groups is 1. The van der Waals surface area contributed by atoms with Crippen LogP contribution in [0.5, 0.6) is 0 Å². The minimum absolute atomic E-state index is 0.312. The molecular formula is C12H17NO2S. The van der Waals surface area contributed by atoms with Gasteiger partial charge in [-0.2, -0.15) is 0 Å². The molecule has 0 aromatic carbocycles. The highest BCUT2D eigenvalue weighted by atomic mass is 32.1. The molecule has 1 atom stereocenters. The van der Waals surface area contributed by atoms with Crippen molar-refractivity contribution in [3.63, 3.8) is 0 Å². The molecule has 0 bridgehead atoms. The Morgan fingerprint density at radius 1 is 1.62 bits per heavy atom. The smallest absolute Gasteiger partial charge is 0.306 e. The Morgan fingerprint density at radius 3 is 2.81 bits per heavy atom. The van der Waals surface area contributed by atoms with Gasteiger partial charge in [0.05, 0.1) is 16.6 Å². The molecule has 16 heavy (non-hydrogen) atoms. The zero-order valence-corrected chi connectivity index (χ0v) is 10.5. The molecule has 0 radical (unpaired) electrons. The summed E-state index contributed by atoms with van der Waals surface area (Å²) >= 11 is 1.71. The van der Waals surface area contributed by atoms with Crippen molar-refractivity contribution in [2.24, 2.45) is 5.92 Å². The largest absolute Gasteiger partial charge is 0.481 e. The van der Waals surface area contributed by atoms with Crippen molar-refractivity contribution in [3.05, 3.63) is 15.6 Å². The van der Waals surface area contributed by atoms with E-state index in [0.29, 0.717) is 12.3 Å². The Labute approximate surface area is 99.5 Å². The predicted molar refractivity (Wildman–Crippen MR) is 63.9 cm³/mol. The molecule has 0 amide bonds. The van der Waals surface area contributed by atoms with Crippen LogP contribution in [0.2, 0.25) is 0 Å². The van der Waals surface area contributed by atoms with Crippen molar-refractivity contribution in [3.8, 4) is 0 Å². The van der Waals surface area contributed by atoms with Crippen LogP contribution < -0.4 is 0 Å². The molecule has 0 spiro atoms. The first-order valence-electron chi connectivity index (χ1n) is 5.77. The Bertz CT molecular complexity index is 396. The van der Waals surface area contributed by atoms with Gasteiger partial charge >= 0.3 is 5.97 Å². The molecule has 1 saturated carbocycles. The average Bonchev–Trinajstić information content (AvgIpc) is 2.44. The molecule has 1 heterocycles. The highest BCUT2D eigenvalue weighted by Gasteiger charge is 2.24. The van der Waals surface area contributed by atoms with E-state index in [4.69, 9.17) is 5.11 Å². The van der Waals surface area contributed by atoms with Crippen molar-refractivity contribution in [1.29, 1.82) is 0 Å². The Kier molecular flexibility index (Phi) is 3.28. The number of thiazole rings is 1. The molecule has 3 nitrogen and oxygen atoms in total. The second-order valence-electron chi connectivity index (χ2n) is 4.63. The Morgan fingerprint density at radius 2 is 2.31 bits per heavy atom. The van der Waals surface area contributed by atoms with E-state index in [0.717, 1.165) is 10.6 Å². The van der Waals surface area contributed by atoms with Gasteiger partial charge in [0, 0.05) is 10.8 Å². The van der Waals surface area contributed by atoms with Crippen molar-refractivity contribution in [1.82, 2.24) is 4.98 Å². The quantitative estimate of drug-likeness (QED) is 0.878. The van der Waals surface area contributed by atoms with Gasteiger partial charge in [-0.15, -0.1) is 11.3 Å². The molecule has 4 heteroatoms. The number of hydrogen-bond acceptors (Lipinski definition) is 3. The maximum Gasteiger partial charge on any atom is 0.306 e. The number of aryl methyl sites for hydroxylation is 1. The fourth-order valence-corrected chi connectivity index (χ4v) is 3.20. The van der Waals surface area contributed by atoms with Gasteiger partial charge < -0.3 is 5.11 Å². The highest BCUT2D eigenvalue weighted by Crippen LogP contribution is 2.39. The first-order valence-corrected chi connectivity index (χ1v) is 6.58. The third-order valence-corrected chi connectivity index (χ3v) is 4.62. The zero-order valence-electron chi connectivity index (χ0n) is 9.69. The van der Waals surface area contributed by atoms with Gasteiger partial charge in [0.15, 0.2) is 0 Å². The summed E-state index contributed by atoms with van der Waals surface area (Å²) in [6.07, 6.45) is 4.43. The average molecular weight is 239 g/mol. The topological polar surface area (TPSA) is 50.2 Å². The van der Waals surface area contributed by atoms with E-state index in [2.05, 4.69) is 4.98 Å². The lowest BCUT2D eigenvalue weighted by atomic mass is 9.86. The first-order chi connectivity index (χ1) is 7.58. The number of aliphatic carboxylic acids is 1. The van der Waals surface area contributed by atoms with E-state index >= 15 is 0 Å². The van der Waals surface area contributed by atoms with E-state index in [1.165, 1.54) is 24.3 Å². The summed E-state index contributed by atoms with van der Waals surface area (Å²) in [6.45, 7) is 3.74. The SMILES string of the molecule is Cc1nc(C2CCC2)sc1CC(C)C(=O)O. The molecule has 1 unspecified atom stereocenters. The summed E-state index contributed by atoms with van der Waals surface area (Å²) in [7, 11) is 0. The summed E-state index contributed by atoms with van der Waals surface area (Å²) in [5, 5.41) is 10.1. The number of rotatable bonds is 4. The van der Waals surface area contributed by atoms with E-state index in [-0.39, 0.29) is 5.92 Å². The number of nitrogens with zero attached hydrogens (tertiary/aromatic N) is 1. The maximum atomic E-state index is 10.8. The summed E-state index contributed by atoms with van der Waals surface area (Å²) in [5.41, 5.74) is 1.03. The molecule has 1 aliphatic rings. The monoisotopic (exact) mass is 239 g/mol. The van der Waals surface area contributed by atoms with Crippen LogP contribution in [-0.4, -0.2) is 16.1 Å². The van der Waals surface area contributed by atoms with Gasteiger partial charge in [-0.25, -0.2) is 4.98 Å². The molecule has 1 aromatic heterocycles. The van der Waals surface area contributed by atoms with Gasteiger partial charge in [-0.1, -0.05) is 13.3 Å². The molecule has 88 valence electrons. The fraction of sp³-hybridized carbons (Fsp3) is 0.667. The molecule has 2 rings (SSSR count). The fourth-order valence-electron chi connectivity index (χ4n) is 1.84. The lowest BCUT2D eigenvalue weighted by molar-refractivity contribution is -0.141. The number of carboxylic acid groups (broad SMARTS) is 1. The lowest BCUT2D eigenvalue weighted by Gasteiger charge is -2.22. The van der Waals surface area contributed by atoms with Crippen molar-refractivity contribution >= 4 is 17.3 Å². The van der Waals surface area contributed by atoms with Crippen LogP contribution in [0.4, 0.5) is 0 Å². The Balaban J connectivity index is 2.08. The van der Waals surface area contributed by atoms with E-state index in [1.54, 1.807) is 18.3 Å². The summed E-state index contributed by atoms with van der Waals surface area (Å²) < 4.78 is 0. The second kappa shape index (κ2) is 4.53. The minimum Gasteiger partial charge on any atom is -0.481 e. The van der Waals surface area contributed by atoms with Gasteiger partial charge in [-0.05, 0) is 26.2 Å². The van der Waals surface area contributed by atoms with Crippen LogP contribution >= 0.6 is 11.3 Å². The van der Waals surface area contributed by atoms with Crippen molar-refractivity contribution in [2.45, 2.75) is 45.4 Å². The van der Waals surface area contributed by atoms with Crippen molar-refractivity contribution in [2.75, 3.05) is 0 Å². The minimum atomic E-state index is -0.724. The summed E-state index contributed by atoms with van der Waals surface area (Å²) in [4.78, 5) is 16.5. The standard InChI is InChI=1S/C12H17NO2S/c1-7(12(14)15)6-10-8(2)13-11(16-10)9-4-3-5-9/h7,9H,3-6H2,1-2H3,(H,14,15). The van der Waals surface area contributed by atoms with Crippen LogP contribution in [-0.2, 0) is 11.2 Å².